The van der Waals surface area contributed by atoms with E-state index in [-0.39, 0.29) is 32.4 Å². The standard InChI is InChI=1S/C35H23N3O.C25H17NO.C10H7BrN2.B.HI/c1-5-14-30-26(10-1)35(28-12-3-7-16-32(28)39-33-17-8-4-13-29(33)35)27-11-2-6-15-31(27)38(30)25-20-18-24(19-21-25)34-36-22-9-23-37-34;1-5-13-21-17(9-1)25(18-10-2-6-14-22(18)26-21)19-11-3-7-15-23(19)27-24-16-8-4-12-20(24)25;11-9-4-2-8(3-5-9)10-12-6-1-7-13-10;;/h1-23H;1-16,26H;1-7H;;1H. The molecule has 11 heteroatoms. The number of fused-ring (bicyclic) bond motifs is 16. The highest BCUT2D eigenvalue weighted by Gasteiger charge is 2.52. The molecule has 16 rings (SSSR count). The quantitative estimate of drug-likeness (QED) is 0.138. The van der Waals surface area contributed by atoms with Gasteiger partial charge in [0.15, 0.2) is 11.6 Å². The van der Waals surface area contributed by atoms with Gasteiger partial charge in [-0.1, -0.05) is 174 Å². The third-order valence-electron chi connectivity index (χ3n) is 15.3. The molecule has 1 N–H and O–H groups in total. The van der Waals surface area contributed by atoms with Crippen molar-refractivity contribution in [1.82, 2.24) is 19.9 Å². The van der Waals surface area contributed by atoms with Crippen molar-refractivity contribution < 1.29 is 9.47 Å². The summed E-state index contributed by atoms with van der Waals surface area (Å²) in [6, 6.07) is 88.5. The zero-order valence-electron chi connectivity index (χ0n) is 43.5. The predicted octanol–water partition coefficient (Wildman–Crippen LogP) is 17.8. The predicted molar refractivity (Wildman–Crippen MR) is 339 cm³/mol. The smallest absolute Gasteiger partial charge is 0.159 e. The van der Waals surface area contributed by atoms with Crippen molar-refractivity contribution in [2.45, 2.75) is 10.8 Å². The third kappa shape index (κ3) is 8.84. The fraction of sp³-hybridized carbons (Fsp3) is 0.0286. The summed E-state index contributed by atoms with van der Waals surface area (Å²) in [5.74, 6) is 5.10. The highest BCUT2D eigenvalue weighted by Crippen LogP contribution is 2.63. The largest absolute Gasteiger partial charge is 0.457 e. The highest BCUT2D eigenvalue weighted by atomic mass is 127. The second-order valence-corrected chi connectivity index (χ2v) is 20.4. The van der Waals surface area contributed by atoms with Gasteiger partial charge in [-0.15, -0.1) is 24.0 Å². The summed E-state index contributed by atoms with van der Waals surface area (Å²) >= 11 is 3.38. The molecule has 387 valence electrons. The van der Waals surface area contributed by atoms with Crippen molar-refractivity contribution in [2.24, 2.45) is 0 Å². The Labute approximate surface area is 498 Å². The van der Waals surface area contributed by atoms with Gasteiger partial charge in [0.1, 0.15) is 23.0 Å². The van der Waals surface area contributed by atoms with Gasteiger partial charge in [-0.2, -0.15) is 0 Å². The number of para-hydroxylation sites is 8. The van der Waals surface area contributed by atoms with Crippen LogP contribution in [-0.4, -0.2) is 28.3 Å². The Kier molecular flexibility index (Phi) is 14.4. The van der Waals surface area contributed by atoms with Gasteiger partial charge in [0.25, 0.3) is 0 Å². The number of hydrogen-bond acceptors (Lipinski definition) is 8. The Morgan fingerprint density at radius 2 is 0.642 bits per heavy atom. The lowest BCUT2D eigenvalue weighted by Gasteiger charge is -2.48. The molecule has 0 atom stereocenters. The first kappa shape index (κ1) is 52.5. The fourth-order valence-electron chi connectivity index (χ4n) is 12.1. The van der Waals surface area contributed by atoms with Crippen molar-refractivity contribution in [1.29, 1.82) is 0 Å². The third-order valence-corrected chi connectivity index (χ3v) is 15.8. The average molecular weight is 1220 g/mol. The summed E-state index contributed by atoms with van der Waals surface area (Å²) in [6.45, 7) is 0. The van der Waals surface area contributed by atoms with E-state index in [1.54, 1.807) is 24.8 Å². The molecule has 6 heterocycles. The van der Waals surface area contributed by atoms with Crippen LogP contribution < -0.4 is 19.7 Å². The first-order valence-corrected chi connectivity index (χ1v) is 27.0. The van der Waals surface area contributed by atoms with E-state index in [0.717, 1.165) is 89.8 Å². The van der Waals surface area contributed by atoms with Gasteiger partial charge in [-0.25, -0.2) is 19.9 Å². The summed E-state index contributed by atoms with van der Waals surface area (Å²) in [5.41, 5.74) is 16.4. The van der Waals surface area contributed by atoms with Crippen molar-refractivity contribution in [3.05, 3.63) is 329 Å². The van der Waals surface area contributed by atoms with Gasteiger partial charge in [0, 0.05) is 88.1 Å². The van der Waals surface area contributed by atoms with Gasteiger partial charge in [0.05, 0.1) is 22.2 Å². The first-order chi connectivity index (χ1) is 39.1. The number of ether oxygens (including phenoxy) is 2. The van der Waals surface area contributed by atoms with Gasteiger partial charge in [-0.05, 0) is 119 Å². The maximum Gasteiger partial charge on any atom is 0.159 e. The van der Waals surface area contributed by atoms with Crippen molar-refractivity contribution in [3.8, 4) is 45.8 Å². The van der Waals surface area contributed by atoms with Crippen LogP contribution in [-0.2, 0) is 10.8 Å². The van der Waals surface area contributed by atoms with E-state index in [1.165, 1.54) is 33.4 Å². The lowest BCUT2D eigenvalue weighted by molar-refractivity contribution is 0.434. The minimum absolute atomic E-state index is 0. The number of nitrogens with zero attached hydrogens (tertiary/aromatic N) is 5. The van der Waals surface area contributed by atoms with Crippen LogP contribution in [0.4, 0.5) is 28.4 Å². The summed E-state index contributed by atoms with van der Waals surface area (Å²) in [4.78, 5) is 19.5. The molecule has 0 bridgehead atoms. The summed E-state index contributed by atoms with van der Waals surface area (Å²) in [7, 11) is 0. The molecule has 2 aromatic heterocycles. The SMILES string of the molecule is Brc1ccc(-c2ncccn2)cc1.I.[B].c1ccc2c(c1)Nc1ccccc1C21c2ccccc2Oc2ccccc21.c1cnc(-c2ccc(N3c4ccccc4C4(c5ccccc5Oc5ccccc54)c4ccccc43)cc2)nc1. The minimum atomic E-state index is -0.521. The summed E-state index contributed by atoms with van der Waals surface area (Å²) < 4.78 is 13.9. The fourth-order valence-corrected chi connectivity index (χ4v) is 12.3. The van der Waals surface area contributed by atoms with E-state index in [1.807, 2.05) is 60.7 Å². The maximum atomic E-state index is 6.48. The number of aromatic nitrogens is 4. The molecule has 0 saturated carbocycles. The van der Waals surface area contributed by atoms with E-state index in [4.69, 9.17) is 9.47 Å². The molecule has 0 saturated heterocycles. The van der Waals surface area contributed by atoms with Crippen molar-refractivity contribution in [3.63, 3.8) is 0 Å². The molecule has 10 aromatic carbocycles. The monoisotopic (exact) mass is 1220 g/mol. The van der Waals surface area contributed by atoms with Crippen LogP contribution in [0.2, 0.25) is 0 Å². The van der Waals surface area contributed by atoms with Gasteiger partial charge >= 0.3 is 0 Å². The van der Waals surface area contributed by atoms with Gasteiger partial charge in [0.2, 0.25) is 0 Å². The molecule has 81 heavy (non-hydrogen) atoms. The maximum absolute atomic E-state index is 6.48. The number of hydrogen-bond donors (Lipinski definition) is 1. The van der Waals surface area contributed by atoms with Crippen LogP contribution in [0, 0.1) is 0 Å². The molecule has 4 aliphatic heterocycles. The molecular weight excluding hydrogens is 1170 g/mol. The molecule has 12 aromatic rings. The molecule has 0 unspecified atom stereocenters. The van der Waals surface area contributed by atoms with Crippen LogP contribution >= 0.6 is 39.9 Å². The van der Waals surface area contributed by atoms with Gasteiger partial charge in [-0.3, -0.25) is 0 Å². The first-order valence-electron chi connectivity index (χ1n) is 26.2. The van der Waals surface area contributed by atoms with Gasteiger partial charge < -0.3 is 19.7 Å². The zero-order chi connectivity index (χ0) is 52.8. The van der Waals surface area contributed by atoms with E-state index in [9.17, 15) is 0 Å². The molecule has 4 aliphatic rings. The topological polar surface area (TPSA) is 85.3 Å². The average Bonchev–Trinajstić information content (AvgIpc) is 3.65. The minimum Gasteiger partial charge on any atom is -0.457 e. The molecule has 8 nitrogen and oxygen atoms in total. The Hall–Kier alpha value is -9.17. The highest BCUT2D eigenvalue weighted by molar-refractivity contribution is 14.0. The van der Waals surface area contributed by atoms with Crippen LogP contribution in [0.1, 0.15) is 44.5 Å². The van der Waals surface area contributed by atoms with E-state index < -0.39 is 10.8 Å². The van der Waals surface area contributed by atoms with Crippen LogP contribution in [0.3, 0.4) is 0 Å². The van der Waals surface area contributed by atoms with E-state index >= 15 is 0 Å². The summed E-state index contributed by atoms with van der Waals surface area (Å²) in [6.07, 6.45) is 7.03. The molecule has 3 radical (unpaired) electrons. The Morgan fingerprint density at radius 1 is 0.333 bits per heavy atom. The van der Waals surface area contributed by atoms with Crippen molar-refractivity contribution in [2.75, 3.05) is 10.2 Å². The van der Waals surface area contributed by atoms with E-state index in [2.05, 4.69) is 240 Å². The number of halogens is 2. The molecule has 0 amide bonds. The lowest BCUT2D eigenvalue weighted by atomic mass is 9.61. The van der Waals surface area contributed by atoms with Crippen LogP contribution in [0.25, 0.3) is 22.8 Å². The Bertz CT molecular complexity index is 3940. The Morgan fingerprint density at radius 3 is 1.04 bits per heavy atom. The Balaban J connectivity index is 0.000000134. The van der Waals surface area contributed by atoms with Crippen molar-refractivity contribution >= 4 is 76.8 Å². The zero-order valence-corrected chi connectivity index (χ0v) is 47.4. The summed E-state index contributed by atoms with van der Waals surface area (Å²) in [5, 5.41) is 3.63. The molecule has 0 aliphatic carbocycles. The second kappa shape index (κ2) is 22.2. The number of nitrogens with one attached hydrogen (secondary N) is 1. The molecular formula is C70H48BBrIN6O2. The normalized spacial score (nSPS) is 13.3. The number of benzene rings is 10. The number of anilines is 5. The second-order valence-electron chi connectivity index (χ2n) is 19.5. The molecule has 0 fully saturated rings. The molecule has 2 spiro atoms. The van der Waals surface area contributed by atoms with Crippen LogP contribution in [0.15, 0.2) is 284 Å². The van der Waals surface area contributed by atoms with E-state index in [0.29, 0.717) is 0 Å². The number of rotatable bonds is 3. The van der Waals surface area contributed by atoms with Crippen LogP contribution in [0.5, 0.6) is 23.0 Å². The lowest BCUT2D eigenvalue weighted by Crippen LogP contribution is -2.39.